The number of rotatable bonds is 6. The lowest BCUT2D eigenvalue weighted by atomic mass is 9.46. The van der Waals surface area contributed by atoms with Gasteiger partial charge in [0.05, 0.1) is 29.0 Å². The van der Waals surface area contributed by atoms with Gasteiger partial charge in [-0.1, -0.05) is 116 Å². The van der Waals surface area contributed by atoms with E-state index < -0.39 is 23.4 Å². The van der Waals surface area contributed by atoms with E-state index >= 15 is 0 Å². The van der Waals surface area contributed by atoms with E-state index in [-0.39, 0.29) is 59.7 Å². The summed E-state index contributed by atoms with van der Waals surface area (Å²) in [5, 5.41) is 41.2. The summed E-state index contributed by atoms with van der Waals surface area (Å²) < 4.78 is 15.0. The van der Waals surface area contributed by atoms with Gasteiger partial charge in [0.1, 0.15) is 25.4 Å². The number of hydrogen-bond acceptors (Lipinski definition) is 10. The fourth-order valence-electron chi connectivity index (χ4n) is 16.1. The molecule has 9 rings (SSSR count). The first-order chi connectivity index (χ1) is 33.5. The van der Waals surface area contributed by atoms with Crippen molar-refractivity contribution < 1.29 is 49.0 Å². The number of allylic oxidation sites excluding steroid dienone is 8. The molecule has 3 heterocycles. The van der Waals surface area contributed by atoms with Crippen LogP contribution < -0.4 is 0 Å². The Hall–Kier alpha value is -3.31. The topological polar surface area (TPSA) is 160 Å². The fourth-order valence-corrected chi connectivity index (χ4v) is 16.1. The van der Waals surface area contributed by atoms with Crippen molar-refractivity contribution in [2.45, 2.75) is 197 Å². The maximum Gasteiger partial charge on any atom is 0.336 e. The molecule has 0 spiro atoms. The summed E-state index contributed by atoms with van der Waals surface area (Å²) in [6.45, 7) is 34.3. The van der Waals surface area contributed by atoms with Crippen molar-refractivity contribution in [3.63, 3.8) is 0 Å². The lowest BCUT2D eigenvalue weighted by Gasteiger charge is -2.58. The zero-order valence-electron chi connectivity index (χ0n) is 46.6. The summed E-state index contributed by atoms with van der Waals surface area (Å²) >= 11 is 0. The molecule has 0 unspecified atom stereocenters. The number of fused-ring (bicyclic) bond motifs is 3. The van der Waals surface area contributed by atoms with E-state index in [0.29, 0.717) is 58.2 Å². The molecule has 3 aliphatic heterocycles. The zero-order chi connectivity index (χ0) is 53.1. The molecular formula is C62H94O10. The smallest absolute Gasteiger partial charge is 0.336 e. The Kier molecular flexibility index (Phi) is 16.5. The second-order valence-corrected chi connectivity index (χ2v) is 26.5. The Morgan fingerprint density at radius 2 is 0.944 bits per heavy atom. The molecular weight excluding hydrogens is 905 g/mol. The number of ether oxygens (including phenoxy) is 3. The highest BCUT2D eigenvalue weighted by molar-refractivity contribution is 5.92. The molecule has 10 heteroatoms. The number of carbonyl (C=O) groups is 3. The van der Waals surface area contributed by atoms with Crippen LogP contribution in [0.15, 0.2) is 70.4 Å². The van der Waals surface area contributed by atoms with Gasteiger partial charge in [-0.05, 0) is 186 Å². The lowest BCUT2D eigenvalue weighted by Crippen LogP contribution is -2.53. The van der Waals surface area contributed by atoms with E-state index in [9.17, 15) is 34.8 Å². The maximum atomic E-state index is 11.9. The van der Waals surface area contributed by atoms with E-state index in [1.165, 1.54) is 36.0 Å². The third-order valence-electron chi connectivity index (χ3n) is 22.2. The fraction of sp³-hybridized carbons (Fsp3) is 0.758. The van der Waals surface area contributed by atoms with Crippen LogP contribution in [0, 0.1) is 80.8 Å². The molecule has 0 aromatic carbocycles. The molecule has 4 saturated carbocycles. The molecule has 4 N–H and O–H groups in total. The zero-order valence-corrected chi connectivity index (χ0v) is 46.6. The summed E-state index contributed by atoms with van der Waals surface area (Å²) in [4.78, 5) is 35.4. The second kappa shape index (κ2) is 21.0. The number of aliphatic hydroxyl groups is 4. The van der Waals surface area contributed by atoms with Crippen molar-refractivity contribution in [3.8, 4) is 0 Å². The van der Waals surface area contributed by atoms with E-state index in [1.807, 2.05) is 26.0 Å². The van der Waals surface area contributed by atoms with Crippen LogP contribution in [0.1, 0.15) is 173 Å². The van der Waals surface area contributed by atoms with Gasteiger partial charge in [-0.3, -0.25) is 0 Å². The van der Waals surface area contributed by atoms with Crippen molar-refractivity contribution in [2.75, 3.05) is 19.8 Å². The minimum absolute atomic E-state index is 0.0734. The molecule has 0 amide bonds. The third-order valence-corrected chi connectivity index (χ3v) is 22.2. The quantitative estimate of drug-likeness (QED) is 0.0873. The van der Waals surface area contributed by atoms with Crippen LogP contribution >= 0.6 is 0 Å². The average Bonchev–Trinajstić information content (AvgIpc) is 3.94. The molecule has 3 saturated heterocycles. The monoisotopic (exact) mass is 999 g/mol. The number of aliphatic hydroxyl groups excluding tert-OH is 2. The van der Waals surface area contributed by atoms with Gasteiger partial charge in [0.15, 0.2) is 0 Å². The lowest BCUT2D eigenvalue weighted by molar-refractivity contribution is -0.136. The highest BCUT2D eigenvalue weighted by atomic mass is 16.6. The highest BCUT2D eigenvalue weighted by Gasteiger charge is 2.56. The summed E-state index contributed by atoms with van der Waals surface area (Å²) in [6.07, 6.45) is 22.0. The first-order valence-electron chi connectivity index (χ1n) is 27.9. The summed E-state index contributed by atoms with van der Waals surface area (Å²) in [5.41, 5.74) is 5.62. The van der Waals surface area contributed by atoms with Gasteiger partial charge in [-0.2, -0.15) is 0 Å². The molecule has 0 aromatic rings. The SMILES string of the molecule is C=C1CC[C@@H]2[C@@H](C)C(C)(C)CC[C@@]2(C)[C@@H]1C/C=C1/C(=O)OC[C@H]1C.CC1=CC[C@@H]2[C@@H](C)[C@@](C)(O)CC[C@@]2(C)[C@@H]1C/C=C1/C(=O)OC[C@H]1O.CC1=CC[C@@H]2[C@@H](C)[C@](C)(O)CC[C@@]2(C)[C@@H]1C/C=C1/C(=O)OC[C@H]1O. The Labute approximate surface area is 433 Å². The number of esters is 3. The van der Waals surface area contributed by atoms with E-state index in [0.717, 1.165) is 81.6 Å². The van der Waals surface area contributed by atoms with Gasteiger partial charge in [-0.15, -0.1) is 0 Å². The predicted octanol–water partition coefficient (Wildman–Crippen LogP) is 11.5. The first-order valence-corrected chi connectivity index (χ1v) is 27.9. The Balaban J connectivity index is 0.000000158. The van der Waals surface area contributed by atoms with Crippen LogP contribution in [0.4, 0.5) is 0 Å². The molecule has 0 radical (unpaired) electrons. The molecule has 0 aromatic heterocycles. The molecule has 72 heavy (non-hydrogen) atoms. The minimum atomic E-state index is -0.792. The van der Waals surface area contributed by atoms with Crippen molar-refractivity contribution in [3.05, 3.63) is 70.4 Å². The number of cyclic esters (lactones) is 3. The van der Waals surface area contributed by atoms with Crippen LogP contribution in [-0.2, 0) is 28.6 Å². The molecule has 7 fully saturated rings. The normalized spacial score (nSPS) is 46.1. The molecule has 6 aliphatic carbocycles. The maximum absolute atomic E-state index is 11.9. The summed E-state index contributed by atoms with van der Waals surface area (Å²) in [6, 6.07) is 0. The van der Waals surface area contributed by atoms with Gasteiger partial charge in [0.2, 0.25) is 0 Å². The minimum Gasteiger partial charge on any atom is -0.462 e. The molecule has 402 valence electrons. The van der Waals surface area contributed by atoms with Gasteiger partial charge in [0.25, 0.3) is 0 Å². The van der Waals surface area contributed by atoms with Crippen molar-refractivity contribution >= 4 is 17.9 Å². The first kappa shape index (κ1) is 56.4. The van der Waals surface area contributed by atoms with E-state index in [1.54, 1.807) is 0 Å². The summed E-state index contributed by atoms with van der Waals surface area (Å²) in [5.74, 6) is 3.42. The van der Waals surface area contributed by atoms with Gasteiger partial charge in [0, 0.05) is 11.5 Å². The van der Waals surface area contributed by atoms with Gasteiger partial charge >= 0.3 is 17.9 Å². The van der Waals surface area contributed by atoms with Gasteiger partial charge < -0.3 is 34.6 Å². The highest BCUT2D eigenvalue weighted by Crippen LogP contribution is 2.63. The van der Waals surface area contributed by atoms with Crippen LogP contribution in [0.2, 0.25) is 0 Å². The average molecular weight is 999 g/mol. The van der Waals surface area contributed by atoms with Crippen LogP contribution in [0.3, 0.4) is 0 Å². The number of carbonyl (C=O) groups excluding carboxylic acids is 3. The van der Waals surface area contributed by atoms with Crippen LogP contribution in [-0.4, -0.2) is 81.6 Å². The summed E-state index contributed by atoms with van der Waals surface area (Å²) in [7, 11) is 0. The molecule has 10 nitrogen and oxygen atoms in total. The van der Waals surface area contributed by atoms with E-state index in [4.69, 9.17) is 14.2 Å². The van der Waals surface area contributed by atoms with Crippen molar-refractivity contribution in [1.29, 1.82) is 0 Å². The number of hydrogen-bond donors (Lipinski definition) is 4. The second-order valence-electron chi connectivity index (χ2n) is 26.5. The molecule has 17 atom stereocenters. The van der Waals surface area contributed by atoms with Gasteiger partial charge in [-0.25, -0.2) is 14.4 Å². The molecule has 9 aliphatic rings. The van der Waals surface area contributed by atoms with Crippen molar-refractivity contribution in [2.24, 2.45) is 80.8 Å². The van der Waals surface area contributed by atoms with Crippen LogP contribution in [0.25, 0.3) is 0 Å². The Bertz CT molecular complexity index is 2130. The largest absolute Gasteiger partial charge is 0.462 e. The Morgan fingerprint density at radius 1 is 0.556 bits per heavy atom. The third kappa shape index (κ3) is 10.6. The standard InChI is InChI=1S/C22H34O2.2C20H30O4/c1-14-7-9-19-16(3)21(4,5)11-12-22(19,6)18(14)10-8-17-15(2)13-24-20(17)23;2*1-12-5-7-16-13(2)20(4,23)10-9-19(16,3)15(12)8-6-14-17(21)11-24-18(14)22/h8,15-16,18-19H,1,7,9-13H2,2-6H3;2*5-6,13,15-17,21,23H,7-11H2,1-4H3/b17-8+;2*14-6+/t15-,16-,18-,19-,22+;13-,15-,16-,17-,19+,20+;13-,15-,16-,17-,19+,20-/m111/s1. The van der Waals surface area contributed by atoms with Crippen molar-refractivity contribution in [1.82, 2.24) is 0 Å². The predicted molar refractivity (Wildman–Crippen MR) is 283 cm³/mol. The van der Waals surface area contributed by atoms with E-state index in [2.05, 4.69) is 101 Å². The Morgan fingerprint density at radius 3 is 1.36 bits per heavy atom. The van der Waals surface area contributed by atoms with Crippen LogP contribution in [0.5, 0.6) is 0 Å². The molecule has 0 bridgehead atoms.